The number of nitrogens with one attached hydrogen (secondary N) is 3. The molecule has 0 saturated heterocycles. The van der Waals surface area contributed by atoms with E-state index in [4.69, 9.17) is 4.74 Å². The normalized spacial score (nSPS) is 11.3. The lowest BCUT2D eigenvalue weighted by atomic mass is 10.3. The number of aromatic nitrogens is 1. The van der Waals surface area contributed by atoms with Gasteiger partial charge < -0.3 is 15.0 Å². The van der Waals surface area contributed by atoms with Crippen molar-refractivity contribution in [2.24, 2.45) is 0 Å². The van der Waals surface area contributed by atoms with Crippen LogP contribution in [0.3, 0.4) is 0 Å². The van der Waals surface area contributed by atoms with E-state index < -0.39 is 10.0 Å². The molecular formula is C13H17N3O3S. The van der Waals surface area contributed by atoms with Crippen molar-refractivity contribution in [1.82, 2.24) is 10.3 Å². The number of para-hydroxylation sites is 2. The van der Waals surface area contributed by atoms with Crippen LogP contribution in [-0.2, 0) is 16.6 Å². The van der Waals surface area contributed by atoms with Gasteiger partial charge in [-0.3, -0.25) is 4.72 Å². The zero-order valence-electron chi connectivity index (χ0n) is 11.3. The first-order valence-corrected chi connectivity index (χ1v) is 7.53. The topological polar surface area (TPSA) is 83.2 Å². The summed E-state index contributed by atoms with van der Waals surface area (Å²) in [5.41, 5.74) is 1.21. The first-order valence-electron chi connectivity index (χ1n) is 6.04. The lowest BCUT2D eigenvalue weighted by Crippen LogP contribution is -2.13. The van der Waals surface area contributed by atoms with E-state index >= 15 is 0 Å². The van der Waals surface area contributed by atoms with Crippen LogP contribution in [0.1, 0.15) is 5.69 Å². The largest absolute Gasteiger partial charge is 0.495 e. The highest BCUT2D eigenvalue weighted by atomic mass is 32.2. The Kier molecular flexibility index (Phi) is 4.31. The molecule has 0 saturated carbocycles. The fraction of sp³-hybridized carbons (Fsp3) is 0.231. The Morgan fingerprint density at radius 1 is 1.30 bits per heavy atom. The maximum atomic E-state index is 12.3. The van der Waals surface area contributed by atoms with E-state index in [0.717, 1.165) is 5.69 Å². The van der Waals surface area contributed by atoms with Gasteiger partial charge in [-0.2, -0.15) is 0 Å². The molecule has 2 rings (SSSR count). The highest BCUT2D eigenvalue weighted by Gasteiger charge is 2.17. The number of aromatic amines is 1. The molecule has 0 unspecified atom stereocenters. The van der Waals surface area contributed by atoms with Crippen molar-refractivity contribution in [3.8, 4) is 5.75 Å². The molecule has 0 radical (unpaired) electrons. The Morgan fingerprint density at radius 2 is 2.05 bits per heavy atom. The molecule has 1 heterocycles. The third-order valence-corrected chi connectivity index (χ3v) is 4.09. The molecule has 0 fully saturated rings. The van der Waals surface area contributed by atoms with E-state index in [1.165, 1.54) is 13.3 Å². The zero-order chi connectivity index (χ0) is 14.6. The molecule has 1 aromatic heterocycles. The van der Waals surface area contributed by atoms with Crippen LogP contribution in [0.15, 0.2) is 41.4 Å². The second-order valence-electron chi connectivity index (χ2n) is 4.20. The Hall–Kier alpha value is -1.99. The molecular weight excluding hydrogens is 278 g/mol. The van der Waals surface area contributed by atoms with Gasteiger partial charge in [-0.1, -0.05) is 12.1 Å². The average molecular weight is 295 g/mol. The van der Waals surface area contributed by atoms with Gasteiger partial charge in [0.15, 0.2) is 0 Å². The quantitative estimate of drug-likeness (QED) is 0.755. The molecule has 108 valence electrons. The molecule has 0 aliphatic carbocycles. The maximum absolute atomic E-state index is 12.3. The number of hydrogen-bond acceptors (Lipinski definition) is 4. The van der Waals surface area contributed by atoms with Gasteiger partial charge in [0.25, 0.3) is 10.0 Å². The number of anilines is 1. The molecule has 0 aliphatic heterocycles. The molecule has 0 bridgehead atoms. The van der Waals surface area contributed by atoms with E-state index in [9.17, 15) is 8.42 Å². The highest BCUT2D eigenvalue weighted by Crippen LogP contribution is 2.26. The molecule has 2 aromatic rings. The third-order valence-electron chi connectivity index (χ3n) is 2.75. The fourth-order valence-electron chi connectivity index (χ4n) is 1.80. The molecule has 0 amide bonds. The highest BCUT2D eigenvalue weighted by molar-refractivity contribution is 7.92. The molecule has 0 spiro atoms. The standard InChI is InChI=1S/C13H17N3O3S/c1-14-8-10-7-11(9-15-10)20(17,18)16-12-5-3-4-6-13(12)19-2/h3-7,9,14-16H,8H2,1-2H3. The van der Waals surface area contributed by atoms with Gasteiger partial charge in [0.1, 0.15) is 10.6 Å². The Bertz CT molecular complexity index is 680. The zero-order valence-corrected chi connectivity index (χ0v) is 12.1. The Balaban J connectivity index is 2.26. The minimum atomic E-state index is -3.63. The molecule has 3 N–H and O–H groups in total. The number of sulfonamides is 1. The van der Waals surface area contributed by atoms with Crippen molar-refractivity contribution in [3.63, 3.8) is 0 Å². The fourth-order valence-corrected chi connectivity index (χ4v) is 2.89. The summed E-state index contributed by atoms with van der Waals surface area (Å²) in [5.74, 6) is 0.474. The van der Waals surface area contributed by atoms with Crippen LogP contribution < -0.4 is 14.8 Å². The maximum Gasteiger partial charge on any atom is 0.263 e. The monoisotopic (exact) mass is 295 g/mol. The summed E-state index contributed by atoms with van der Waals surface area (Å²) in [6, 6.07) is 8.45. The second kappa shape index (κ2) is 5.98. The van der Waals surface area contributed by atoms with E-state index in [0.29, 0.717) is 18.0 Å². The Morgan fingerprint density at radius 3 is 2.75 bits per heavy atom. The summed E-state index contributed by atoms with van der Waals surface area (Å²) < 4.78 is 32.2. The molecule has 0 atom stereocenters. The minimum absolute atomic E-state index is 0.189. The van der Waals surface area contributed by atoms with Gasteiger partial charge in [0.05, 0.1) is 12.8 Å². The van der Waals surface area contributed by atoms with Crippen LogP contribution in [0.2, 0.25) is 0 Å². The average Bonchev–Trinajstić information content (AvgIpc) is 2.89. The van der Waals surface area contributed by atoms with Crippen LogP contribution in [0.25, 0.3) is 0 Å². The van der Waals surface area contributed by atoms with Crippen LogP contribution in [0.5, 0.6) is 5.75 Å². The summed E-state index contributed by atoms with van der Waals surface area (Å²) in [6.45, 7) is 0.574. The van der Waals surface area contributed by atoms with Gasteiger partial charge in [0, 0.05) is 18.4 Å². The lowest BCUT2D eigenvalue weighted by Gasteiger charge is -2.10. The van der Waals surface area contributed by atoms with Crippen molar-refractivity contribution in [2.75, 3.05) is 18.9 Å². The van der Waals surface area contributed by atoms with E-state index in [1.807, 2.05) is 0 Å². The van der Waals surface area contributed by atoms with Crippen molar-refractivity contribution in [3.05, 3.63) is 42.2 Å². The van der Waals surface area contributed by atoms with Gasteiger partial charge in [-0.25, -0.2) is 8.42 Å². The SMILES string of the molecule is CNCc1cc(S(=O)(=O)Nc2ccccc2OC)c[nH]1. The summed E-state index contributed by atoms with van der Waals surface area (Å²) in [5, 5.41) is 2.95. The van der Waals surface area contributed by atoms with Gasteiger partial charge >= 0.3 is 0 Å². The van der Waals surface area contributed by atoms with Crippen molar-refractivity contribution < 1.29 is 13.2 Å². The summed E-state index contributed by atoms with van der Waals surface area (Å²) >= 11 is 0. The smallest absolute Gasteiger partial charge is 0.263 e. The first-order chi connectivity index (χ1) is 9.56. The molecule has 0 aliphatic rings. The van der Waals surface area contributed by atoms with Crippen LogP contribution in [0, 0.1) is 0 Å². The van der Waals surface area contributed by atoms with Crippen LogP contribution in [0.4, 0.5) is 5.69 Å². The third kappa shape index (κ3) is 3.12. The van der Waals surface area contributed by atoms with Crippen molar-refractivity contribution >= 4 is 15.7 Å². The van der Waals surface area contributed by atoms with Crippen LogP contribution >= 0.6 is 0 Å². The molecule has 7 heteroatoms. The molecule has 20 heavy (non-hydrogen) atoms. The van der Waals surface area contributed by atoms with Crippen LogP contribution in [-0.4, -0.2) is 27.6 Å². The van der Waals surface area contributed by atoms with E-state index in [2.05, 4.69) is 15.0 Å². The van der Waals surface area contributed by atoms with Crippen molar-refractivity contribution in [2.45, 2.75) is 11.4 Å². The number of ether oxygens (including phenoxy) is 1. The predicted molar refractivity (Wildman–Crippen MR) is 77.4 cm³/mol. The summed E-state index contributed by atoms with van der Waals surface area (Å²) in [6.07, 6.45) is 1.46. The molecule has 6 nitrogen and oxygen atoms in total. The first kappa shape index (κ1) is 14.4. The molecule has 1 aromatic carbocycles. The number of H-pyrrole nitrogens is 1. The summed E-state index contributed by atoms with van der Waals surface area (Å²) in [7, 11) is -0.344. The number of benzene rings is 1. The second-order valence-corrected chi connectivity index (χ2v) is 5.88. The number of methoxy groups -OCH3 is 1. The van der Waals surface area contributed by atoms with E-state index in [1.54, 1.807) is 37.4 Å². The van der Waals surface area contributed by atoms with Crippen molar-refractivity contribution in [1.29, 1.82) is 0 Å². The number of rotatable bonds is 6. The predicted octanol–water partition coefficient (Wildman–Crippen LogP) is 1.54. The minimum Gasteiger partial charge on any atom is -0.495 e. The van der Waals surface area contributed by atoms with Gasteiger partial charge in [0.2, 0.25) is 0 Å². The Labute approximate surface area is 118 Å². The van der Waals surface area contributed by atoms with E-state index in [-0.39, 0.29) is 4.90 Å². The summed E-state index contributed by atoms with van der Waals surface area (Å²) in [4.78, 5) is 3.10. The van der Waals surface area contributed by atoms with Gasteiger partial charge in [-0.05, 0) is 25.2 Å². The van der Waals surface area contributed by atoms with Gasteiger partial charge in [-0.15, -0.1) is 0 Å². The number of hydrogen-bond donors (Lipinski definition) is 3. The lowest BCUT2D eigenvalue weighted by molar-refractivity contribution is 0.417.